The minimum Gasteiger partial charge on any atom is -0.325 e. The van der Waals surface area contributed by atoms with Crippen LogP contribution in [0.4, 0.5) is 5.69 Å². The molecule has 1 atom stereocenters. The molecular weight excluding hydrogens is 264 g/mol. The molecule has 5 nitrogen and oxygen atoms in total. The molecule has 2 aromatic rings. The maximum absolute atomic E-state index is 12.1. The largest absolute Gasteiger partial charge is 0.325 e. The Morgan fingerprint density at radius 1 is 1.19 bits per heavy atom. The van der Waals surface area contributed by atoms with E-state index in [0.717, 1.165) is 22.2 Å². The minimum atomic E-state index is -0.645. The highest BCUT2D eigenvalue weighted by Gasteiger charge is 2.17. The van der Waals surface area contributed by atoms with Crippen LogP contribution in [0, 0.1) is 0 Å². The number of nitrogens with one attached hydrogen (secondary N) is 1. The van der Waals surface area contributed by atoms with Gasteiger partial charge in [-0.3, -0.25) is 4.79 Å². The summed E-state index contributed by atoms with van der Waals surface area (Å²) in [6.45, 7) is 0. The molecule has 2 aromatic carbocycles. The molecule has 21 heavy (non-hydrogen) atoms. The highest BCUT2D eigenvalue weighted by atomic mass is 16.2. The van der Waals surface area contributed by atoms with Crippen molar-refractivity contribution in [3.8, 4) is 0 Å². The number of aliphatic imine (C=N–C) groups is 1. The molecule has 0 aromatic heterocycles. The first-order chi connectivity index (χ1) is 10.2. The van der Waals surface area contributed by atoms with E-state index in [2.05, 4.69) is 15.6 Å². The van der Waals surface area contributed by atoms with E-state index in [0.29, 0.717) is 6.42 Å². The quantitative estimate of drug-likeness (QED) is 0.897. The summed E-state index contributed by atoms with van der Waals surface area (Å²) in [5, 5.41) is 9.06. The first-order valence-corrected chi connectivity index (χ1v) is 6.69. The van der Waals surface area contributed by atoms with Gasteiger partial charge in [-0.15, -0.1) is 0 Å². The third kappa shape index (κ3) is 3.09. The lowest BCUT2D eigenvalue weighted by Gasteiger charge is -2.12. The second kappa shape index (κ2) is 5.76. The van der Waals surface area contributed by atoms with Crippen LogP contribution in [0.15, 0.2) is 59.4 Å². The van der Waals surface area contributed by atoms with Gasteiger partial charge < -0.3 is 11.1 Å². The Morgan fingerprint density at radius 2 is 2.00 bits per heavy atom. The molecule has 0 spiro atoms. The van der Waals surface area contributed by atoms with Crippen molar-refractivity contribution in [2.24, 2.45) is 10.7 Å². The molecule has 3 N–H and O–H groups in total. The fourth-order valence-electron chi connectivity index (χ4n) is 2.19. The number of carbonyl (C=O) groups is 1. The van der Waals surface area contributed by atoms with Crippen LogP contribution < -0.4 is 16.4 Å². The number of rotatable bonds is 4. The number of carbonyl (C=O) groups excluding carboxylic acids is 1. The monoisotopic (exact) mass is 279 g/mol. The zero-order valence-corrected chi connectivity index (χ0v) is 11.4. The highest BCUT2D eigenvalue weighted by Crippen LogP contribution is 2.19. The Hall–Kier alpha value is -2.66. The van der Waals surface area contributed by atoms with Crippen LogP contribution in [0.1, 0.15) is 6.42 Å². The highest BCUT2D eigenvalue weighted by molar-refractivity contribution is 5.97. The van der Waals surface area contributed by atoms with Gasteiger partial charge in [0.05, 0.1) is 17.9 Å². The lowest BCUT2D eigenvalue weighted by atomic mass is 10.1. The Kier molecular flexibility index (Phi) is 3.66. The number of nitrogens with two attached hydrogens (primary N) is 1. The van der Waals surface area contributed by atoms with E-state index in [1.54, 1.807) is 6.20 Å². The summed E-state index contributed by atoms with van der Waals surface area (Å²) < 4.78 is 0. The van der Waals surface area contributed by atoms with E-state index in [1.807, 2.05) is 42.5 Å². The van der Waals surface area contributed by atoms with Crippen LogP contribution in [-0.2, 0) is 4.79 Å². The molecular formula is C16H15N4O. The molecule has 0 bridgehead atoms. The predicted molar refractivity (Wildman–Crippen MR) is 83.9 cm³/mol. The number of hydrogen-bond donors (Lipinski definition) is 2. The molecule has 0 saturated heterocycles. The van der Waals surface area contributed by atoms with Crippen molar-refractivity contribution in [2.45, 2.75) is 12.5 Å². The maximum atomic E-state index is 12.1. The Labute approximate surface area is 122 Å². The van der Waals surface area contributed by atoms with Crippen LogP contribution in [0.25, 0.3) is 10.8 Å². The van der Waals surface area contributed by atoms with Gasteiger partial charge in [0.2, 0.25) is 5.91 Å². The Balaban J connectivity index is 1.67. The van der Waals surface area contributed by atoms with Gasteiger partial charge in [0, 0.05) is 12.1 Å². The van der Waals surface area contributed by atoms with Crippen molar-refractivity contribution in [1.29, 1.82) is 0 Å². The minimum absolute atomic E-state index is 0.228. The van der Waals surface area contributed by atoms with E-state index in [-0.39, 0.29) is 5.91 Å². The summed E-state index contributed by atoms with van der Waals surface area (Å²) in [7, 11) is 0. The molecule has 0 aliphatic carbocycles. The average molecular weight is 279 g/mol. The summed E-state index contributed by atoms with van der Waals surface area (Å²) >= 11 is 0. The first kappa shape index (κ1) is 13.3. The van der Waals surface area contributed by atoms with E-state index in [4.69, 9.17) is 5.73 Å². The average Bonchev–Trinajstić information content (AvgIpc) is 3.00. The molecule has 1 aliphatic rings. The molecule has 1 unspecified atom stereocenters. The van der Waals surface area contributed by atoms with Gasteiger partial charge in [-0.1, -0.05) is 30.3 Å². The molecule has 0 fully saturated rings. The van der Waals surface area contributed by atoms with E-state index in [9.17, 15) is 4.79 Å². The van der Waals surface area contributed by atoms with Crippen LogP contribution in [0.3, 0.4) is 0 Å². The topological polar surface area (TPSA) is 81.6 Å². The van der Waals surface area contributed by atoms with Crippen LogP contribution >= 0.6 is 0 Å². The van der Waals surface area contributed by atoms with Crippen molar-refractivity contribution in [1.82, 2.24) is 5.32 Å². The molecule has 1 radical (unpaired) electrons. The van der Waals surface area contributed by atoms with E-state index in [1.165, 1.54) is 6.34 Å². The van der Waals surface area contributed by atoms with Crippen LogP contribution in [-0.4, -0.2) is 18.3 Å². The molecule has 3 rings (SSSR count). The summed E-state index contributed by atoms with van der Waals surface area (Å²) in [6.07, 6.45) is 3.44. The van der Waals surface area contributed by atoms with Crippen molar-refractivity contribution < 1.29 is 4.79 Å². The van der Waals surface area contributed by atoms with Crippen molar-refractivity contribution in [3.63, 3.8) is 0 Å². The molecule has 1 heterocycles. The van der Waals surface area contributed by atoms with Gasteiger partial charge in [-0.05, 0) is 22.9 Å². The fourth-order valence-corrected chi connectivity index (χ4v) is 2.19. The number of hydrogen-bond acceptors (Lipinski definition) is 3. The third-order valence-electron chi connectivity index (χ3n) is 3.30. The molecule has 105 valence electrons. The van der Waals surface area contributed by atoms with Crippen LogP contribution in [0.2, 0.25) is 0 Å². The van der Waals surface area contributed by atoms with Crippen molar-refractivity contribution in [3.05, 3.63) is 54.4 Å². The predicted octanol–water partition coefficient (Wildman–Crippen LogP) is 1.98. The second-order valence-electron chi connectivity index (χ2n) is 4.88. The lowest BCUT2D eigenvalue weighted by Crippen LogP contribution is -2.36. The second-order valence-corrected chi connectivity index (χ2v) is 4.88. The number of amides is 1. The van der Waals surface area contributed by atoms with Crippen LogP contribution in [0.5, 0.6) is 0 Å². The first-order valence-electron chi connectivity index (χ1n) is 6.69. The zero-order valence-electron chi connectivity index (χ0n) is 11.4. The van der Waals surface area contributed by atoms with E-state index < -0.39 is 6.04 Å². The number of anilines is 1. The molecule has 5 heteroatoms. The normalized spacial score (nSPS) is 14.6. The van der Waals surface area contributed by atoms with Gasteiger partial charge in [0.1, 0.15) is 6.34 Å². The fraction of sp³-hybridized carbons (Fsp3) is 0.125. The van der Waals surface area contributed by atoms with Gasteiger partial charge >= 0.3 is 0 Å². The van der Waals surface area contributed by atoms with Crippen molar-refractivity contribution in [2.75, 3.05) is 5.32 Å². The van der Waals surface area contributed by atoms with Gasteiger partial charge in [0.15, 0.2) is 0 Å². The molecule has 1 amide bonds. The number of nitrogens with zero attached hydrogens (tertiary/aromatic N) is 2. The Morgan fingerprint density at radius 3 is 2.76 bits per heavy atom. The summed E-state index contributed by atoms with van der Waals surface area (Å²) in [5.41, 5.74) is 7.35. The van der Waals surface area contributed by atoms with Gasteiger partial charge in [-0.2, -0.15) is 0 Å². The lowest BCUT2D eigenvalue weighted by molar-refractivity contribution is -0.117. The molecule has 1 aliphatic heterocycles. The Bertz CT molecular complexity index is 736. The molecule has 0 saturated carbocycles. The number of fused-ring (bicyclic) bond motifs is 1. The summed E-state index contributed by atoms with van der Waals surface area (Å²) in [6, 6.07) is 13.1. The summed E-state index contributed by atoms with van der Waals surface area (Å²) in [5.74, 6) is -0.228. The maximum Gasteiger partial charge on any atom is 0.241 e. The summed E-state index contributed by atoms with van der Waals surface area (Å²) in [4.78, 5) is 15.9. The zero-order chi connectivity index (χ0) is 14.7. The standard InChI is InChI=1S/C16H15N4O/c17-15(8-14-9-18-10-19-14)16(21)20-13-6-5-11-3-1-2-4-12(11)7-13/h1-7,9-10,15H,8,17H2,(H,20,21). The van der Waals surface area contributed by atoms with Gasteiger partial charge in [0.25, 0.3) is 0 Å². The smallest absolute Gasteiger partial charge is 0.241 e. The SMILES string of the molecule is NC(CC1=CN=C[N]1)C(=O)Nc1ccc2ccccc2c1. The number of benzene rings is 2. The van der Waals surface area contributed by atoms with Crippen molar-refractivity contribution >= 4 is 28.7 Å². The van der Waals surface area contributed by atoms with E-state index >= 15 is 0 Å². The third-order valence-corrected chi connectivity index (χ3v) is 3.30. The van der Waals surface area contributed by atoms with Gasteiger partial charge in [-0.25, -0.2) is 10.3 Å².